The SMILES string of the molecule is CC(C)[C@@H]1NC(=O)[C@@H](N)Cc2cc(Br)c3c(c2)C24c5cccc(c5N[C@H]2O3)-c2cccc3[nH]c(Cl)c(c23)-c2oc(nc2Cl)-c2nc1oc24. The summed E-state index contributed by atoms with van der Waals surface area (Å²) in [6, 6.07) is 14.8. The van der Waals surface area contributed by atoms with Gasteiger partial charge in [0.05, 0.1) is 16.1 Å². The lowest BCUT2D eigenvalue weighted by atomic mass is 9.72. The van der Waals surface area contributed by atoms with Crippen LogP contribution < -0.4 is 21.1 Å². The molecule has 10 rings (SSSR count). The van der Waals surface area contributed by atoms with E-state index in [1.54, 1.807) is 0 Å². The summed E-state index contributed by atoms with van der Waals surface area (Å²) in [5, 5.41) is 8.17. The van der Waals surface area contributed by atoms with Gasteiger partial charge in [0.2, 0.25) is 11.8 Å². The number of anilines is 1. The molecular formula is C35H25BrCl2N6O4. The van der Waals surface area contributed by atoms with Crippen LogP contribution in [0.25, 0.3) is 44.9 Å². The van der Waals surface area contributed by atoms with Crippen molar-refractivity contribution in [2.45, 2.75) is 44.0 Å². The number of nitrogens with one attached hydrogen (secondary N) is 3. The van der Waals surface area contributed by atoms with Crippen LogP contribution in [0.5, 0.6) is 5.75 Å². The fourth-order valence-electron chi connectivity index (χ4n) is 7.92. The molecule has 4 aliphatic heterocycles. The van der Waals surface area contributed by atoms with Gasteiger partial charge in [-0.2, -0.15) is 4.98 Å². The number of hydrogen-bond donors (Lipinski definition) is 4. The van der Waals surface area contributed by atoms with Crippen LogP contribution in [0.2, 0.25) is 10.3 Å². The van der Waals surface area contributed by atoms with E-state index in [0.717, 1.165) is 48.9 Å². The number of ether oxygens (including phenoxy) is 1. The Balaban J connectivity index is 1.41. The van der Waals surface area contributed by atoms with Gasteiger partial charge < -0.3 is 34.9 Å². The predicted molar refractivity (Wildman–Crippen MR) is 184 cm³/mol. The van der Waals surface area contributed by atoms with E-state index in [0.29, 0.717) is 40.1 Å². The zero-order valence-corrected chi connectivity index (χ0v) is 28.5. The van der Waals surface area contributed by atoms with Crippen LogP contribution in [0.4, 0.5) is 5.69 Å². The maximum atomic E-state index is 13.5. The second-order valence-electron chi connectivity index (χ2n) is 13.1. The average molecular weight is 744 g/mol. The molecule has 1 unspecified atom stereocenters. The molecule has 1 spiro atoms. The van der Waals surface area contributed by atoms with Crippen LogP contribution in [0.1, 0.15) is 48.2 Å². The number of hydrogen-bond acceptors (Lipinski definition) is 8. The van der Waals surface area contributed by atoms with Crippen LogP contribution in [-0.2, 0) is 16.6 Å². The molecule has 0 fully saturated rings. The highest BCUT2D eigenvalue weighted by Crippen LogP contribution is 2.63. The third-order valence-electron chi connectivity index (χ3n) is 10.0. The highest BCUT2D eigenvalue weighted by molar-refractivity contribution is 9.10. The van der Waals surface area contributed by atoms with E-state index in [1.807, 2.05) is 38.1 Å². The Morgan fingerprint density at radius 3 is 2.69 bits per heavy atom. The lowest BCUT2D eigenvalue weighted by molar-refractivity contribution is -0.123. The monoisotopic (exact) mass is 742 g/mol. The van der Waals surface area contributed by atoms with Crippen molar-refractivity contribution in [2.75, 3.05) is 5.32 Å². The van der Waals surface area contributed by atoms with E-state index in [-0.39, 0.29) is 28.8 Å². The first kappa shape index (κ1) is 28.7. The van der Waals surface area contributed by atoms with Gasteiger partial charge in [-0.1, -0.05) is 73.4 Å². The second-order valence-corrected chi connectivity index (χ2v) is 14.7. The molecule has 5 N–H and O–H groups in total. The summed E-state index contributed by atoms with van der Waals surface area (Å²) in [5.41, 5.74) is 12.5. The smallest absolute Gasteiger partial charge is 0.250 e. The first-order valence-corrected chi connectivity index (χ1v) is 17.1. The Bertz CT molecular complexity index is 2420. The average Bonchev–Trinajstić information content (AvgIpc) is 3.84. The number of fused-ring (bicyclic) bond motifs is 7. The summed E-state index contributed by atoms with van der Waals surface area (Å²) in [4.78, 5) is 26.6. The number of amides is 1. The first-order valence-electron chi connectivity index (χ1n) is 15.6. The predicted octanol–water partition coefficient (Wildman–Crippen LogP) is 7.70. The minimum Gasteiger partial charge on any atom is -0.467 e. The molecular weight excluding hydrogens is 719 g/mol. The van der Waals surface area contributed by atoms with Crippen LogP contribution >= 0.6 is 39.1 Å². The number of para-hydroxylation sites is 1. The van der Waals surface area contributed by atoms with E-state index in [1.165, 1.54) is 0 Å². The lowest BCUT2D eigenvalue weighted by Crippen LogP contribution is -2.45. The van der Waals surface area contributed by atoms with Crippen molar-refractivity contribution in [1.29, 1.82) is 0 Å². The molecule has 0 saturated heterocycles. The first-order chi connectivity index (χ1) is 23.1. The number of benzene rings is 3. The summed E-state index contributed by atoms with van der Waals surface area (Å²) in [5.74, 6) is 1.40. The number of nitrogens with two attached hydrogens (primary N) is 1. The third-order valence-corrected chi connectivity index (χ3v) is 11.2. The molecule has 6 aromatic rings. The number of H-pyrrole nitrogens is 1. The van der Waals surface area contributed by atoms with Crippen LogP contribution in [0.15, 0.2) is 61.8 Å². The van der Waals surface area contributed by atoms with Crippen molar-refractivity contribution >= 4 is 61.6 Å². The number of halogens is 3. The van der Waals surface area contributed by atoms with Gasteiger partial charge in [0.15, 0.2) is 28.6 Å². The molecule has 3 aromatic carbocycles. The quantitative estimate of drug-likeness (QED) is 0.134. The van der Waals surface area contributed by atoms with Gasteiger partial charge in [0.1, 0.15) is 22.4 Å². The summed E-state index contributed by atoms with van der Waals surface area (Å²) >= 11 is 17.6. The van der Waals surface area contributed by atoms with Crippen molar-refractivity contribution in [1.82, 2.24) is 20.3 Å². The maximum Gasteiger partial charge on any atom is 0.250 e. The van der Waals surface area contributed by atoms with Crippen molar-refractivity contribution in [3.63, 3.8) is 0 Å². The zero-order valence-electron chi connectivity index (χ0n) is 25.4. The van der Waals surface area contributed by atoms with Gasteiger partial charge >= 0.3 is 0 Å². The highest BCUT2D eigenvalue weighted by atomic mass is 79.9. The summed E-state index contributed by atoms with van der Waals surface area (Å²) < 4.78 is 21.1. The molecule has 48 heavy (non-hydrogen) atoms. The van der Waals surface area contributed by atoms with Crippen LogP contribution in [0, 0.1) is 5.92 Å². The molecule has 10 bridgehead atoms. The van der Waals surface area contributed by atoms with E-state index in [9.17, 15) is 4.79 Å². The molecule has 240 valence electrons. The van der Waals surface area contributed by atoms with Gasteiger partial charge in [-0.05, 0) is 51.5 Å². The third kappa shape index (κ3) is 3.54. The molecule has 0 radical (unpaired) electrons. The molecule has 0 aliphatic carbocycles. The fourth-order valence-corrected chi connectivity index (χ4v) is 9.01. The van der Waals surface area contributed by atoms with Gasteiger partial charge in [0.25, 0.3) is 5.89 Å². The number of carbonyl (C=O) groups is 1. The van der Waals surface area contributed by atoms with Crippen molar-refractivity contribution < 1.29 is 18.4 Å². The van der Waals surface area contributed by atoms with Crippen molar-refractivity contribution in [3.8, 4) is 39.8 Å². The van der Waals surface area contributed by atoms with E-state index < -0.39 is 23.7 Å². The lowest BCUT2D eigenvalue weighted by Gasteiger charge is -2.28. The number of carbonyl (C=O) groups excluding carboxylic acids is 1. The number of oxazole rings is 2. The number of aromatic nitrogens is 3. The normalized spacial score (nSPS) is 22.9. The van der Waals surface area contributed by atoms with E-state index in [2.05, 4.69) is 55.8 Å². The molecule has 4 atom stereocenters. The number of aromatic amines is 1. The van der Waals surface area contributed by atoms with Crippen molar-refractivity contribution in [2.24, 2.45) is 11.7 Å². The Labute approximate surface area is 291 Å². The summed E-state index contributed by atoms with van der Waals surface area (Å²) in [6.45, 7) is 3.97. The molecule has 10 nitrogen and oxygen atoms in total. The zero-order chi connectivity index (χ0) is 32.8. The van der Waals surface area contributed by atoms with Crippen molar-refractivity contribution in [3.05, 3.63) is 91.7 Å². The van der Waals surface area contributed by atoms with Gasteiger partial charge in [-0.15, -0.1) is 0 Å². The summed E-state index contributed by atoms with van der Waals surface area (Å²) in [7, 11) is 0. The van der Waals surface area contributed by atoms with E-state index in [4.69, 9.17) is 52.5 Å². The summed E-state index contributed by atoms with van der Waals surface area (Å²) in [6.07, 6.45) is -0.349. The molecule has 3 aromatic heterocycles. The Morgan fingerprint density at radius 2 is 1.85 bits per heavy atom. The van der Waals surface area contributed by atoms with Gasteiger partial charge in [-0.25, -0.2) is 4.98 Å². The largest absolute Gasteiger partial charge is 0.467 e. The molecule has 7 heterocycles. The van der Waals surface area contributed by atoms with Crippen LogP contribution in [0.3, 0.4) is 0 Å². The minimum absolute atomic E-state index is 0.105. The molecule has 13 heteroatoms. The Hall–Kier alpha value is -4.29. The fraction of sp³-hybridized carbons (Fsp3) is 0.229. The number of rotatable bonds is 1. The minimum atomic E-state index is -1.07. The standard InChI is InChI=1S/C35H25BrCl2N6O4/c1-12(2)23-32-42-25-28(48-32)35-16-7-3-6-15(14-5-4-8-20-21(14)22(29(37)40-20)27-30(38)44-33(25)46-27)24(16)43-34(35)47-26-17(35)9-13(10-18(26)36)11-19(39)31(45)41-23/h3-10,12,19,23,34,40,43H,11,39H2,1-2H3,(H,41,45)/t19-,23-,34-,35?/m0/s1. The maximum absolute atomic E-state index is 13.5. The number of nitrogens with zero attached hydrogens (tertiary/aromatic N) is 2. The van der Waals surface area contributed by atoms with Crippen LogP contribution in [-0.4, -0.2) is 33.1 Å². The van der Waals surface area contributed by atoms with Gasteiger partial charge in [-0.3, -0.25) is 4.79 Å². The topological polar surface area (TPSA) is 144 Å². The molecule has 0 saturated carbocycles. The Kier molecular flexibility index (Phi) is 5.77. The highest BCUT2D eigenvalue weighted by Gasteiger charge is 2.62. The van der Waals surface area contributed by atoms with Gasteiger partial charge in [0, 0.05) is 33.3 Å². The molecule has 4 aliphatic rings. The Morgan fingerprint density at radius 1 is 1.04 bits per heavy atom. The second kappa shape index (κ2) is 9.66. The van der Waals surface area contributed by atoms with E-state index >= 15 is 0 Å². The molecule has 1 amide bonds.